The predicted molar refractivity (Wildman–Crippen MR) is 125 cm³/mol. The number of para-hydroxylation sites is 1. The number of anilines is 2. The number of hydrogen-bond donors (Lipinski definition) is 2. The Hall–Kier alpha value is -3.92. The highest BCUT2D eigenvalue weighted by molar-refractivity contribution is 5.97. The van der Waals surface area contributed by atoms with Gasteiger partial charge in [0.2, 0.25) is 5.88 Å². The lowest BCUT2D eigenvalue weighted by atomic mass is 10.1. The summed E-state index contributed by atoms with van der Waals surface area (Å²) in [5, 5.41) is 6.19. The second kappa shape index (κ2) is 9.52. The number of fused-ring (bicyclic) bond motifs is 2. The van der Waals surface area contributed by atoms with Crippen LogP contribution in [0.3, 0.4) is 0 Å². The van der Waals surface area contributed by atoms with Crippen molar-refractivity contribution in [3.8, 4) is 11.6 Å². The van der Waals surface area contributed by atoms with Crippen LogP contribution in [-0.2, 0) is 16.1 Å². The van der Waals surface area contributed by atoms with Crippen LogP contribution in [0.5, 0.6) is 11.6 Å². The average Bonchev–Trinajstić information content (AvgIpc) is 3.23. The number of carbonyl (C=O) groups excluding carboxylic acids is 2. The molecule has 3 aromatic rings. The van der Waals surface area contributed by atoms with Crippen LogP contribution in [0.4, 0.5) is 16.2 Å². The molecule has 2 N–H and O–H groups in total. The Morgan fingerprint density at radius 1 is 1.26 bits per heavy atom. The summed E-state index contributed by atoms with van der Waals surface area (Å²) in [5.41, 5.74) is 3.92. The zero-order valence-corrected chi connectivity index (χ0v) is 18.7. The number of nitrogens with zero attached hydrogens (tertiary/aromatic N) is 3. The molecule has 3 heterocycles. The van der Waals surface area contributed by atoms with Crippen LogP contribution in [-0.4, -0.2) is 54.9 Å². The van der Waals surface area contributed by atoms with Gasteiger partial charge in [0, 0.05) is 12.2 Å². The Balaban J connectivity index is 1.12. The fourth-order valence-electron chi connectivity index (χ4n) is 4.12. The number of rotatable bonds is 8. The molecule has 2 aliphatic rings. The summed E-state index contributed by atoms with van der Waals surface area (Å²) in [5.74, 6) is 0.865. The van der Waals surface area contributed by atoms with Crippen molar-refractivity contribution >= 4 is 34.4 Å². The van der Waals surface area contributed by atoms with Crippen LogP contribution in [0.2, 0.25) is 0 Å². The minimum Gasteiger partial charge on any atom is -0.482 e. The Morgan fingerprint density at radius 3 is 3.06 bits per heavy atom. The van der Waals surface area contributed by atoms with Crippen LogP contribution in [0.1, 0.15) is 18.4 Å². The minimum atomic E-state index is -0.385. The number of carbonyl (C=O) groups is 2. The van der Waals surface area contributed by atoms with Gasteiger partial charge >= 0.3 is 6.09 Å². The van der Waals surface area contributed by atoms with E-state index in [0.29, 0.717) is 36.1 Å². The third-order valence-electron chi connectivity index (χ3n) is 5.82. The van der Waals surface area contributed by atoms with Crippen LogP contribution in [0.25, 0.3) is 11.0 Å². The molecule has 0 saturated carbocycles. The molecule has 34 heavy (non-hydrogen) atoms. The van der Waals surface area contributed by atoms with Crippen LogP contribution >= 0.6 is 0 Å². The average molecular weight is 463 g/mol. The summed E-state index contributed by atoms with van der Waals surface area (Å²) in [4.78, 5) is 34.5. The van der Waals surface area contributed by atoms with E-state index in [0.717, 1.165) is 36.0 Å². The molecule has 0 spiro atoms. The largest absolute Gasteiger partial charge is 0.482 e. The van der Waals surface area contributed by atoms with E-state index < -0.39 is 0 Å². The molecule has 0 radical (unpaired) electrons. The van der Waals surface area contributed by atoms with Crippen LogP contribution < -0.4 is 25.0 Å². The van der Waals surface area contributed by atoms with Gasteiger partial charge in [0.05, 0.1) is 36.6 Å². The number of benzene rings is 2. The molecule has 10 heteroatoms. The van der Waals surface area contributed by atoms with Crippen molar-refractivity contribution in [2.45, 2.75) is 25.5 Å². The minimum absolute atomic E-state index is 0.00367. The van der Waals surface area contributed by atoms with Gasteiger partial charge in [0.25, 0.3) is 5.91 Å². The third-order valence-corrected chi connectivity index (χ3v) is 5.82. The third kappa shape index (κ3) is 4.58. The zero-order valence-electron chi connectivity index (χ0n) is 18.7. The SMILES string of the molecule is COc1cnc2cccc(CNCCCC3CN(c4ccc5c(c4)NC(=O)CO5)C(=O)O3)c2n1. The summed E-state index contributed by atoms with van der Waals surface area (Å²) in [6, 6.07) is 11.2. The monoisotopic (exact) mass is 463 g/mol. The molecule has 0 aliphatic carbocycles. The number of hydrogen-bond acceptors (Lipinski definition) is 8. The maximum absolute atomic E-state index is 12.4. The Morgan fingerprint density at radius 2 is 2.18 bits per heavy atom. The van der Waals surface area contributed by atoms with E-state index in [4.69, 9.17) is 14.2 Å². The quantitative estimate of drug-likeness (QED) is 0.490. The van der Waals surface area contributed by atoms with E-state index in [2.05, 4.69) is 20.6 Å². The predicted octanol–water partition coefficient (Wildman–Crippen LogP) is 2.86. The Bertz CT molecular complexity index is 1230. The molecule has 2 aromatic carbocycles. The van der Waals surface area contributed by atoms with E-state index in [1.807, 2.05) is 18.2 Å². The summed E-state index contributed by atoms with van der Waals surface area (Å²) < 4.78 is 16.1. The van der Waals surface area contributed by atoms with E-state index in [1.165, 1.54) is 0 Å². The van der Waals surface area contributed by atoms with Gasteiger partial charge < -0.3 is 24.8 Å². The first-order chi connectivity index (χ1) is 16.6. The van der Waals surface area contributed by atoms with Crippen LogP contribution in [0, 0.1) is 0 Å². The second-order valence-corrected chi connectivity index (χ2v) is 8.15. The fourth-order valence-corrected chi connectivity index (χ4v) is 4.12. The molecular weight excluding hydrogens is 438 g/mol. The summed E-state index contributed by atoms with van der Waals surface area (Å²) in [6.07, 6.45) is 2.62. The first-order valence-corrected chi connectivity index (χ1v) is 11.1. The molecule has 0 bridgehead atoms. The highest BCUT2D eigenvalue weighted by Crippen LogP contribution is 2.33. The number of cyclic esters (lactones) is 1. The normalized spacial score (nSPS) is 17.2. The maximum Gasteiger partial charge on any atom is 0.414 e. The number of methoxy groups -OCH3 is 1. The summed E-state index contributed by atoms with van der Waals surface area (Å²) in [7, 11) is 1.57. The van der Waals surface area contributed by atoms with Crippen molar-refractivity contribution in [1.29, 1.82) is 0 Å². The Kier molecular flexibility index (Phi) is 6.13. The van der Waals surface area contributed by atoms with E-state index in [-0.39, 0.29) is 24.7 Å². The highest BCUT2D eigenvalue weighted by Gasteiger charge is 2.32. The zero-order chi connectivity index (χ0) is 23.5. The highest BCUT2D eigenvalue weighted by atomic mass is 16.6. The van der Waals surface area contributed by atoms with Crippen molar-refractivity contribution in [3.63, 3.8) is 0 Å². The van der Waals surface area contributed by atoms with Crippen LogP contribution in [0.15, 0.2) is 42.6 Å². The number of amides is 2. The molecule has 1 atom stereocenters. The molecule has 2 aliphatic heterocycles. The standard InChI is InChI=1S/C24H25N5O5/c1-32-22-12-26-18-6-2-4-15(23(18)28-22)11-25-9-3-5-17-13-29(24(31)34-17)16-7-8-20-19(10-16)27-21(30)14-33-20/h2,4,6-8,10,12,17,25H,3,5,9,11,13-14H2,1H3,(H,27,30). The van der Waals surface area contributed by atoms with E-state index in [1.54, 1.807) is 36.4 Å². The molecular formula is C24H25N5O5. The molecule has 2 amide bonds. The topological polar surface area (TPSA) is 115 Å². The fraction of sp³-hybridized carbons (Fsp3) is 0.333. The van der Waals surface area contributed by atoms with E-state index >= 15 is 0 Å². The van der Waals surface area contributed by atoms with E-state index in [9.17, 15) is 9.59 Å². The summed E-state index contributed by atoms with van der Waals surface area (Å²) >= 11 is 0. The van der Waals surface area contributed by atoms with Crippen molar-refractivity contribution in [3.05, 3.63) is 48.2 Å². The lowest BCUT2D eigenvalue weighted by Gasteiger charge is -2.20. The molecule has 176 valence electrons. The second-order valence-electron chi connectivity index (χ2n) is 8.15. The van der Waals surface area contributed by atoms with Gasteiger partial charge in [-0.15, -0.1) is 0 Å². The molecule has 1 unspecified atom stereocenters. The van der Waals surface area contributed by atoms with Crippen molar-refractivity contribution in [2.24, 2.45) is 0 Å². The van der Waals surface area contributed by atoms with Gasteiger partial charge in [-0.3, -0.25) is 9.69 Å². The molecule has 5 rings (SSSR count). The number of ether oxygens (including phenoxy) is 3. The van der Waals surface area contributed by atoms with Crippen molar-refractivity contribution < 1.29 is 23.8 Å². The lowest BCUT2D eigenvalue weighted by Crippen LogP contribution is -2.27. The number of aromatic nitrogens is 2. The lowest BCUT2D eigenvalue weighted by molar-refractivity contribution is -0.118. The summed E-state index contributed by atoms with van der Waals surface area (Å²) in [6.45, 7) is 1.88. The van der Waals surface area contributed by atoms with Gasteiger partial charge in [-0.05, 0) is 49.2 Å². The van der Waals surface area contributed by atoms with Gasteiger partial charge in [-0.25, -0.2) is 14.8 Å². The molecule has 1 fully saturated rings. The smallest absolute Gasteiger partial charge is 0.414 e. The van der Waals surface area contributed by atoms with Crippen molar-refractivity contribution in [1.82, 2.24) is 15.3 Å². The number of nitrogens with one attached hydrogen (secondary N) is 2. The van der Waals surface area contributed by atoms with Crippen molar-refractivity contribution in [2.75, 3.05) is 37.0 Å². The molecule has 1 saturated heterocycles. The maximum atomic E-state index is 12.4. The van der Waals surface area contributed by atoms with Gasteiger partial charge in [0.1, 0.15) is 11.9 Å². The first kappa shape index (κ1) is 21.9. The molecule has 10 nitrogen and oxygen atoms in total. The molecule has 1 aromatic heterocycles. The van der Waals surface area contributed by atoms with Gasteiger partial charge in [-0.1, -0.05) is 12.1 Å². The van der Waals surface area contributed by atoms with Gasteiger partial charge in [-0.2, -0.15) is 0 Å². The first-order valence-electron chi connectivity index (χ1n) is 11.1. The Labute approximate surface area is 196 Å². The van der Waals surface area contributed by atoms with Gasteiger partial charge in [0.15, 0.2) is 6.61 Å².